The third-order valence-corrected chi connectivity index (χ3v) is 5.18. The summed E-state index contributed by atoms with van der Waals surface area (Å²) in [6, 6.07) is 19.8. The number of fused-ring (bicyclic) bond motifs is 1. The Morgan fingerprint density at radius 3 is 2.70 bits per heavy atom. The number of nitrogens with zero attached hydrogens (tertiary/aromatic N) is 3. The van der Waals surface area contributed by atoms with Gasteiger partial charge in [-0.05, 0) is 46.3 Å². The molecule has 1 aliphatic heterocycles. The zero-order valence-electron chi connectivity index (χ0n) is 14.6. The monoisotopic (exact) mass is 371 g/mol. The Bertz CT molecular complexity index is 1070. The minimum atomic E-state index is -0.0671. The summed E-state index contributed by atoms with van der Waals surface area (Å²) < 4.78 is 0. The number of carbonyl (C=O) groups is 1. The van der Waals surface area contributed by atoms with Gasteiger partial charge in [-0.25, -0.2) is 9.98 Å². The Labute approximate surface area is 161 Å². The van der Waals surface area contributed by atoms with Crippen molar-refractivity contribution in [3.8, 4) is 0 Å². The predicted octanol–water partition coefficient (Wildman–Crippen LogP) is 5.02. The molecule has 0 atom stereocenters. The van der Waals surface area contributed by atoms with E-state index in [9.17, 15) is 4.79 Å². The molecular weight excluding hydrogens is 354 g/mol. The summed E-state index contributed by atoms with van der Waals surface area (Å²) in [7, 11) is 0. The largest absolute Gasteiger partial charge is 0.282 e. The van der Waals surface area contributed by atoms with E-state index in [4.69, 9.17) is 0 Å². The maximum atomic E-state index is 12.9. The molecule has 132 valence electrons. The van der Waals surface area contributed by atoms with Crippen LogP contribution in [0.25, 0.3) is 16.8 Å². The topological polar surface area (TPSA) is 45.6 Å². The molecule has 0 spiro atoms. The number of thioether (sulfide) groups is 1. The standard InChI is InChI=1S/C22H17N3OS/c1-2-14-25-21(26)19(27-22(25)24-20-12-5-6-13-23-20)15-17-10-7-9-16-8-3-4-11-18(16)17/h2-13,15H,1,14H2/b19-15-,24-22+. The van der Waals surface area contributed by atoms with Gasteiger partial charge in [0.15, 0.2) is 11.0 Å². The summed E-state index contributed by atoms with van der Waals surface area (Å²) in [5.74, 6) is 0.510. The van der Waals surface area contributed by atoms with Crippen molar-refractivity contribution in [2.24, 2.45) is 4.99 Å². The Balaban J connectivity index is 1.75. The SMILES string of the molecule is C=CCN1C(=O)/C(=C/c2cccc3ccccc23)S/C1=N/c1ccccn1. The quantitative estimate of drug-likeness (QED) is 0.477. The van der Waals surface area contributed by atoms with Gasteiger partial charge in [0.2, 0.25) is 0 Å². The Hall–Kier alpha value is -3.18. The van der Waals surface area contributed by atoms with E-state index in [2.05, 4.69) is 34.8 Å². The molecule has 1 fully saturated rings. The van der Waals surface area contributed by atoms with E-state index in [0.717, 1.165) is 16.3 Å². The van der Waals surface area contributed by atoms with Crippen LogP contribution < -0.4 is 0 Å². The third kappa shape index (κ3) is 3.55. The highest BCUT2D eigenvalue weighted by Gasteiger charge is 2.32. The lowest BCUT2D eigenvalue weighted by Crippen LogP contribution is -2.29. The van der Waals surface area contributed by atoms with Gasteiger partial charge in [0, 0.05) is 12.7 Å². The number of pyridine rings is 1. The molecule has 0 saturated carbocycles. The van der Waals surface area contributed by atoms with Crippen LogP contribution in [0, 0.1) is 0 Å². The highest BCUT2D eigenvalue weighted by atomic mass is 32.2. The molecule has 0 unspecified atom stereocenters. The van der Waals surface area contributed by atoms with E-state index in [1.54, 1.807) is 17.2 Å². The van der Waals surface area contributed by atoms with Crippen molar-refractivity contribution >= 4 is 45.5 Å². The molecule has 1 amide bonds. The number of amidine groups is 1. The van der Waals surface area contributed by atoms with Crippen LogP contribution in [-0.4, -0.2) is 27.5 Å². The van der Waals surface area contributed by atoms with E-state index in [1.807, 2.05) is 48.5 Å². The smallest absolute Gasteiger partial charge is 0.267 e. The summed E-state index contributed by atoms with van der Waals surface area (Å²) >= 11 is 1.36. The number of hydrogen-bond donors (Lipinski definition) is 0. The molecule has 4 rings (SSSR count). The molecule has 0 bridgehead atoms. The third-order valence-electron chi connectivity index (χ3n) is 4.17. The highest BCUT2D eigenvalue weighted by molar-refractivity contribution is 8.18. The van der Waals surface area contributed by atoms with Gasteiger partial charge in [-0.3, -0.25) is 9.69 Å². The second-order valence-corrected chi connectivity index (χ2v) is 6.97. The number of carbonyl (C=O) groups excluding carboxylic acids is 1. The maximum Gasteiger partial charge on any atom is 0.267 e. The molecule has 0 aliphatic carbocycles. The van der Waals surface area contributed by atoms with Crippen molar-refractivity contribution in [1.29, 1.82) is 0 Å². The summed E-state index contributed by atoms with van der Waals surface area (Å²) in [6.45, 7) is 4.16. The van der Waals surface area contributed by atoms with Crippen molar-refractivity contribution in [3.05, 3.63) is 90.0 Å². The first-order valence-electron chi connectivity index (χ1n) is 8.56. The van der Waals surface area contributed by atoms with Crippen molar-refractivity contribution in [1.82, 2.24) is 9.88 Å². The molecule has 3 aromatic rings. The van der Waals surface area contributed by atoms with Crippen molar-refractivity contribution in [3.63, 3.8) is 0 Å². The van der Waals surface area contributed by atoms with Crippen molar-refractivity contribution < 1.29 is 4.79 Å². The highest BCUT2D eigenvalue weighted by Crippen LogP contribution is 2.34. The zero-order chi connectivity index (χ0) is 18.6. The van der Waals surface area contributed by atoms with Crippen LogP contribution in [0.15, 0.2) is 89.4 Å². The molecule has 1 aromatic heterocycles. The van der Waals surface area contributed by atoms with Gasteiger partial charge in [-0.1, -0.05) is 54.6 Å². The van der Waals surface area contributed by atoms with Gasteiger partial charge in [0.25, 0.3) is 5.91 Å². The van der Waals surface area contributed by atoms with Gasteiger partial charge in [-0.2, -0.15) is 0 Å². The average molecular weight is 371 g/mol. The van der Waals surface area contributed by atoms with Crippen LogP contribution in [0.2, 0.25) is 0 Å². The lowest BCUT2D eigenvalue weighted by Gasteiger charge is -2.12. The molecule has 27 heavy (non-hydrogen) atoms. The molecule has 1 saturated heterocycles. The summed E-state index contributed by atoms with van der Waals surface area (Å²) in [5, 5.41) is 2.88. The normalized spacial score (nSPS) is 17.2. The summed E-state index contributed by atoms with van der Waals surface area (Å²) in [5.41, 5.74) is 1.02. The molecule has 0 N–H and O–H groups in total. The zero-order valence-corrected chi connectivity index (χ0v) is 15.4. The number of hydrogen-bond acceptors (Lipinski definition) is 4. The van der Waals surface area contributed by atoms with Crippen molar-refractivity contribution in [2.45, 2.75) is 0 Å². The van der Waals surface area contributed by atoms with Crippen molar-refractivity contribution in [2.75, 3.05) is 6.54 Å². The molecule has 1 aliphatic rings. The van der Waals surface area contributed by atoms with Crippen LogP contribution in [-0.2, 0) is 4.79 Å². The fraction of sp³-hybridized carbons (Fsp3) is 0.0455. The Kier molecular flexibility index (Phi) is 4.85. The summed E-state index contributed by atoms with van der Waals surface area (Å²) in [4.78, 5) is 24.0. The van der Waals surface area contributed by atoms with E-state index < -0.39 is 0 Å². The van der Waals surface area contributed by atoms with Gasteiger partial charge < -0.3 is 0 Å². The number of aromatic nitrogens is 1. The van der Waals surface area contributed by atoms with Gasteiger partial charge in [-0.15, -0.1) is 6.58 Å². The maximum absolute atomic E-state index is 12.9. The van der Waals surface area contributed by atoms with E-state index in [0.29, 0.717) is 22.4 Å². The second-order valence-electron chi connectivity index (χ2n) is 5.97. The molecule has 2 heterocycles. The number of aliphatic imine (C=N–C) groups is 1. The number of benzene rings is 2. The van der Waals surface area contributed by atoms with Crippen LogP contribution in [0.3, 0.4) is 0 Å². The molecule has 4 nitrogen and oxygen atoms in total. The number of rotatable bonds is 4. The fourth-order valence-corrected chi connectivity index (χ4v) is 3.90. The van der Waals surface area contributed by atoms with Crippen LogP contribution in [0.4, 0.5) is 5.82 Å². The Morgan fingerprint density at radius 1 is 1.07 bits per heavy atom. The minimum absolute atomic E-state index is 0.0671. The Morgan fingerprint density at radius 2 is 1.89 bits per heavy atom. The lowest BCUT2D eigenvalue weighted by molar-refractivity contribution is -0.121. The van der Waals surface area contributed by atoms with Crippen LogP contribution >= 0.6 is 11.8 Å². The lowest BCUT2D eigenvalue weighted by atomic mass is 10.0. The molecule has 0 radical (unpaired) electrons. The van der Waals surface area contributed by atoms with E-state index >= 15 is 0 Å². The van der Waals surface area contributed by atoms with Gasteiger partial charge in [0.05, 0.1) is 4.91 Å². The first-order chi connectivity index (χ1) is 13.3. The van der Waals surface area contributed by atoms with Crippen LogP contribution in [0.5, 0.6) is 0 Å². The molecule has 5 heteroatoms. The number of amides is 1. The first kappa shape index (κ1) is 17.2. The van der Waals surface area contributed by atoms with E-state index in [1.165, 1.54) is 11.8 Å². The minimum Gasteiger partial charge on any atom is -0.282 e. The van der Waals surface area contributed by atoms with Crippen LogP contribution in [0.1, 0.15) is 5.56 Å². The predicted molar refractivity (Wildman–Crippen MR) is 113 cm³/mol. The molecule has 2 aromatic carbocycles. The fourth-order valence-electron chi connectivity index (χ4n) is 2.92. The van der Waals surface area contributed by atoms with Gasteiger partial charge >= 0.3 is 0 Å². The second kappa shape index (κ2) is 7.60. The van der Waals surface area contributed by atoms with E-state index in [-0.39, 0.29) is 5.91 Å². The summed E-state index contributed by atoms with van der Waals surface area (Å²) in [6.07, 6.45) is 5.32. The van der Waals surface area contributed by atoms with Gasteiger partial charge in [0.1, 0.15) is 0 Å². The average Bonchev–Trinajstić information content (AvgIpc) is 2.98. The molecular formula is C22H17N3OS. The first-order valence-corrected chi connectivity index (χ1v) is 9.38.